The van der Waals surface area contributed by atoms with Gasteiger partial charge in [0.2, 0.25) is 0 Å². The predicted molar refractivity (Wildman–Crippen MR) is 60.2 cm³/mol. The SMILES string of the molecule is CCC1CCC(CN)(N(C)C2CC2)C1. The van der Waals surface area contributed by atoms with Gasteiger partial charge in [-0.1, -0.05) is 13.3 Å². The smallest absolute Gasteiger partial charge is 0.0334 e. The van der Waals surface area contributed by atoms with Gasteiger partial charge in [0.15, 0.2) is 0 Å². The zero-order valence-corrected chi connectivity index (χ0v) is 9.63. The minimum atomic E-state index is 0.363. The lowest BCUT2D eigenvalue weighted by Crippen LogP contribution is -2.51. The van der Waals surface area contributed by atoms with Gasteiger partial charge in [0.1, 0.15) is 0 Å². The molecule has 0 aromatic rings. The van der Waals surface area contributed by atoms with Gasteiger partial charge in [-0.25, -0.2) is 0 Å². The van der Waals surface area contributed by atoms with Crippen LogP contribution < -0.4 is 5.73 Å². The third-order valence-corrected chi connectivity index (χ3v) is 4.49. The summed E-state index contributed by atoms with van der Waals surface area (Å²) < 4.78 is 0. The van der Waals surface area contributed by atoms with Crippen molar-refractivity contribution in [1.29, 1.82) is 0 Å². The molecule has 0 radical (unpaired) electrons. The Morgan fingerprint density at radius 1 is 1.36 bits per heavy atom. The molecule has 2 rings (SSSR count). The molecule has 0 bridgehead atoms. The van der Waals surface area contributed by atoms with E-state index in [1.807, 2.05) is 0 Å². The molecule has 2 atom stereocenters. The molecule has 0 aromatic carbocycles. The third kappa shape index (κ3) is 1.70. The first kappa shape index (κ1) is 10.4. The summed E-state index contributed by atoms with van der Waals surface area (Å²) in [5.74, 6) is 0.930. The van der Waals surface area contributed by atoms with Crippen molar-refractivity contribution in [3.63, 3.8) is 0 Å². The second-order valence-corrected chi connectivity index (χ2v) is 5.29. The maximum atomic E-state index is 6.01. The normalized spacial score (nSPS) is 38.1. The minimum Gasteiger partial charge on any atom is -0.329 e. The molecule has 0 saturated heterocycles. The molecule has 2 nitrogen and oxygen atoms in total. The molecule has 2 heteroatoms. The van der Waals surface area contributed by atoms with Gasteiger partial charge in [-0.3, -0.25) is 4.90 Å². The van der Waals surface area contributed by atoms with E-state index >= 15 is 0 Å². The van der Waals surface area contributed by atoms with Crippen LogP contribution in [0.2, 0.25) is 0 Å². The van der Waals surface area contributed by atoms with Crippen LogP contribution in [0.15, 0.2) is 0 Å². The molecule has 2 aliphatic carbocycles. The van der Waals surface area contributed by atoms with E-state index in [0.717, 1.165) is 18.5 Å². The van der Waals surface area contributed by atoms with Crippen LogP contribution >= 0.6 is 0 Å². The van der Waals surface area contributed by atoms with Gasteiger partial charge in [0.25, 0.3) is 0 Å². The molecule has 2 N–H and O–H groups in total. The van der Waals surface area contributed by atoms with Gasteiger partial charge in [-0.2, -0.15) is 0 Å². The summed E-state index contributed by atoms with van der Waals surface area (Å²) in [6.45, 7) is 3.17. The highest BCUT2D eigenvalue weighted by molar-refractivity contribution is 5.02. The average Bonchev–Trinajstić information content (AvgIpc) is 2.97. The molecule has 2 unspecified atom stereocenters. The number of nitrogens with zero attached hydrogens (tertiary/aromatic N) is 1. The number of likely N-dealkylation sites (N-methyl/N-ethyl adjacent to an activating group) is 1. The van der Waals surface area contributed by atoms with Crippen molar-refractivity contribution >= 4 is 0 Å². The Balaban J connectivity index is 2.02. The highest BCUT2D eigenvalue weighted by Crippen LogP contribution is 2.43. The van der Waals surface area contributed by atoms with Crippen molar-refractivity contribution in [2.24, 2.45) is 11.7 Å². The third-order valence-electron chi connectivity index (χ3n) is 4.49. The number of rotatable bonds is 4. The van der Waals surface area contributed by atoms with Crippen molar-refractivity contribution in [3.05, 3.63) is 0 Å². The molecule has 2 aliphatic rings. The van der Waals surface area contributed by atoms with Crippen molar-refractivity contribution in [1.82, 2.24) is 4.90 Å². The van der Waals surface area contributed by atoms with Crippen molar-refractivity contribution in [2.45, 2.75) is 57.0 Å². The van der Waals surface area contributed by atoms with E-state index in [2.05, 4.69) is 18.9 Å². The summed E-state index contributed by atoms with van der Waals surface area (Å²) in [5.41, 5.74) is 6.37. The maximum absolute atomic E-state index is 6.01. The minimum absolute atomic E-state index is 0.363. The lowest BCUT2D eigenvalue weighted by molar-refractivity contribution is 0.118. The first-order valence-electron chi connectivity index (χ1n) is 6.15. The molecular formula is C12H24N2. The Kier molecular flexibility index (Phi) is 2.85. The van der Waals surface area contributed by atoms with E-state index in [4.69, 9.17) is 5.73 Å². The Morgan fingerprint density at radius 2 is 2.07 bits per heavy atom. The van der Waals surface area contributed by atoms with Gasteiger partial charge in [-0.05, 0) is 45.1 Å². The lowest BCUT2D eigenvalue weighted by atomic mass is 9.93. The van der Waals surface area contributed by atoms with Gasteiger partial charge in [0, 0.05) is 18.1 Å². The number of nitrogens with two attached hydrogens (primary N) is 1. The summed E-state index contributed by atoms with van der Waals surface area (Å²) in [7, 11) is 2.29. The van der Waals surface area contributed by atoms with E-state index in [0.29, 0.717) is 5.54 Å². The number of hydrogen-bond donors (Lipinski definition) is 1. The highest BCUT2D eigenvalue weighted by Gasteiger charge is 2.45. The zero-order chi connectivity index (χ0) is 10.2. The van der Waals surface area contributed by atoms with Crippen LogP contribution in [0.1, 0.15) is 45.4 Å². The molecule has 0 heterocycles. The largest absolute Gasteiger partial charge is 0.329 e. The van der Waals surface area contributed by atoms with E-state index in [1.165, 1.54) is 38.5 Å². The van der Waals surface area contributed by atoms with Gasteiger partial charge >= 0.3 is 0 Å². The van der Waals surface area contributed by atoms with E-state index in [1.54, 1.807) is 0 Å². The summed E-state index contributed by atoms with van der Waals surface area (Å²) in [5, 5.41) is 0. The van der Waals surface area contributed by atoms with Crippen LogP contribution in [0.25, 0.3) is 0 Å². The van der Waals surface area contributed by atoms with Gasteiger partial charge in [-0.15, -0.1) is 0 Å². The fourth-order valence-corrected chi connectivity index (χ4v) is 3.06. The maximum Gasteiger partial charge on any atom is 0.0334 e. The molecule has 2 saturated carbocycles. The fourth-order valence-electron chi connectivity index (χ4n) is 3.06. The Bertz CT molecular complexity index is 200. The van der Waals surface area contributed by atoms with Crippen LogP contribution in [0, 0.1) is 5.92 Å². The number of hydrogen-bond acceptors (Lipinski definition) is 2. The molecule has 82 valence electrons. The Hall–Kier alpha value is -0.0800. The summed E-state index contributed by atoms with van der Waals surface area (Å²) >= 11 is 0. The standard InChI is InChI=1S/C12H24N2/c1-3-10-6-7-12(8-10,9-13)14(2)11-4-5-11/h10-11H,3-9,13H2,1-2H3. The highest BCUT2D eigenvalue weighted by atomic mass is 15.2. The lowest BCUT2D eigenvalue weighted by Gasteiger charge is -2.38. The monoisotopic (exact) mass is 196 g/mol. The molecule has 2 fully saturated rings. The van der Waals surface area contributed by atoms with Gasteiger partial charge in [0.05, 0.1) is 0 Å². The van der Waals surface area contributed by atoms with E-state index in [-0.39, 0.29) is 0 Å². The molecule has 0 aliphatic heterocycles. The first-order valence-corrected chi connectivity index (χ1v) is 6.15. The Labute approximate surface area is 87.8 Å². The van der Waals surface area contributed by atoms with Crippen molar-refractivity contribution in [2.75, 3.05) is 13.6 Å². The second kappa shape index (κ2) is 3.82. The quantitative estimate of drug-likeness (QED) is 0.745. The Morgan fingerprint density at radius 3 is 2.50 bits per heavy atom. The predicted octanol–water partition coefficient (Wildman–Crippen LogP) is 1.99. The summed E-state index contributed by atoms with van der Waals surface area (Å²) in [6, 6.07) is 0.856. The zero-order valence-electron chi connectivity index (χ0n) is 9.63. The van der Waals surface area contributed by atoms with Crippen molar-refractivity contribution in [3.8, 4) is 0 Å². The van der Waals surface area contributed by atoms with Crippen molar-refractivity contribution < 1.29 is 0 Å². The fraction of sp³-hybridized carbons (Fsp3) is 1.00. The van der Waals surface area contributed by atoms with Crippen LogP contribution in [0.3, 0.4) is 0 Å². The van der Waals surface area contributed by atoms with Crippen LogP contribution in [0.4, 0.5) is 0 Å². The van der Waals surface area contributed by atoms with Crippen LogP contribution in [-0.2, 0) is 0 Å². The molecule has 14 heavy (non-hydrogen) atoms. The van der Waals surface area contributed by atoms with E-state index in [9.17, 15) is 0 Å². The van der Waals surface area contributed by atoms with E-state index < -0.39 is 0 Å². The molecule has 0 spiro atoms. The molecule has 0 aromatic heterocycles. The summed E-state index contributed by atoms with van der Waals surface area (Å²) in [4.78, 5) is 2.60. The topological polar surface area (TPSA) is 29.3 Å². The summed E-state index contributed by atoms with van der Waals surface area (Å²) in [6.07, 6.45) is 8.19. The average molecular weight is 196 g/mol. The van der Waals surface area contributed by atoms with Crippen LogP contribution in [-0.4, -0.2) is 30.1 Å². The molecule has 0 amide bonds. The first-order chi connectivity index (χ1) is 6.72. The van der Waals surface area contributed by atoms with Gasteiger partial charge < -0.3 is 5.73 Å². The second-order valence-electron chi connectivity index (χ2n) is 5.29. The van der Waals surface area contributed by atoms with Crippen LogP contribution in [0.5, 0.6) is 0 Å². The molecular weight excluding hydrogens is 172 g/mol.